The first-order valence-electron chi connectivity index (χ1n) is 8.46. The number of esters is 1. The van der Waals surface area contributed by atoms with E-state index in [2.05, 4.69) is 61.0 Å². The normalized spacial score (nSPS) is 15.9. The molecule has 3 nitrogen and oxygen atoms in total. The fourth-order valence-corrected chi connectivity index (χ4v) is 4.09. The molecule has 24 heavy (non-hydrogen) atoms. The van der Waals surface area contributed by atoms with Crippen LogP contribution in [0.3, 0.4) is 0 Å². The van der Waals surface area contributed by atoms with Gasteiger partial charge in [0.25, 0.3) is 0 Å². The zero-order chi connectivity index (χ0) is 16.8. The fraction of sp³-hybridized carbons (Fsp3) is 0.286. The van der Waals surface area contributed by atoms with E-state index in [1.54, 1.807) is 0 Å². The molecule has 2 aromatic carbocycles. The van der Waals surface area contributed by atoms with Gasteiger partial charge in [-0.15, -0.1) is 0 Å². The highest BCUT2D eigenvalue weighted by Crippen LogP contribution is 2.46. The number of fused-ring (bicyclic) bond motifs is 5. The minimum absolute atomic E-state index is 0.121. The van der Waals surface area contributed by atoms with Crippen molar-refractivity contribution in [3.8, 4) is 11.1 Å². The standard InChI is InChI=1S/C21H21NO2/c1-4-24-21(23)16-12-18-20(15-10-7-8-13(2)19(15)16)14-9-5-6-11-17(14)22(18)3/h5-11,16H,4,12H2,1-3H3. The molecule has 0 saturated heterocycles. The molecule has 0 radical (unpaired) electrons. The van der Waals surface area contributed by atoms with Gasteiger partial charge in [-0.05, 0) is 36.6 Å². The van der Waals surface area contributed by atoms with Crippen LogP contribution in [-0.2, 0) is 23.0 Å². The molecule has 1 aliphatic carbocycles. The van der Waals surface area contributed by atoms with Crippen LogP contribution in [0.2, 0.25) is 0 Å². The van der Waals surface area contributed by atoms with E-state index in [0.717, 1.165) is 11.1 Å². The molecule has 1 atom stereocenters. The lowest BCUT2D eigenvalue weighted by Crippen LogP contribution is -2.24. The van der Waals surface area contributed by atoms with E-state index in [9.17, 15) is 4.79 Å². The smallest absolute Gasteiger partial charge is 0.313 e. The average molecular weight is 319 g/mol. The van der Waals surface area contributed by atoms with Crippen molar-refractivity contribution < 1.29 is 9.53 Å². The number of hydrogen-bond donors (Lipinski definition) is 0. The number of para-hydroxylation sites is 1. The van der Waals surface area contributed by atoms with Gasteiger partial charge in [-0.2, -0.15) is 0 Å². The summed E-state index contributed by atoms with van der Waals surface area (Å²) in [6.07, 6.45) is 0.692. The van der Waals surface area contributed by atoms with Crippen LogP contribution in [-0.4, -0.2) is 17.1 Å². The molecule has 0 saturated carbocycles. The van der Waals surface area contributed by atoms with Gasteiger partial charge in [-0.3, -0.25) is 4.79 Å². The Hall–Kier alpha value is -2.55. The number of rotatable bonds is 2. The van der Waals surface area contributed by atoms with Crippen molar-refractivity contribution in [3.63, 3.8) is 0 Å². The maximum Gasteiger partial charge on any atom is 0.313 e. The second kappa shape index (κ2) is 5.52. The van der Waals surface area contributed by atoms with Crippen molar-refractivity contribution in [1.82, 2.24) is 4.57 Å². The highest BCUT2D eigenvalue weighted by molar-refractivity contribution is 6.01. The summed E-state index contributed by atoms with van der Waals surface area (Å²) >= 11 is 0. The highest BCUT2D eigenvalue weighted by Gasteiger charge is 2.34. The van der Waals surface area contributed by atoms with Crippen molar-refractivity contribution in [2.45, 2.75) is 26.2 Å². The molecule has 122 valence electrons. The molecule has 4 rings (SSSR count). The summed E-state index contributed by atoms with van der Waals surface area (Å²) in [4.78, 5) is 12.6. The molecule has 0 amide bonds. The third-order valence-corrected chi connectivity index (χ3v) is 5.14. The summed E-state index contributed by atoms with van der Waals surface area (Å²) in [7, 11) is 2.09. The van der Waals surface area contributed by atoms with Gasteiger partial charge in [0.2, 0.25) is 0 Å². The van der Waals surface area contributed by atoms with E-state index in [1.807, 2.05) is 6.92 Å². The molecular weight excluding hydrogens is 298 g/mol. The number of ether oxygens (including phenoxy) is 1. The topological polar surface area (TPSA) is 31.2 Å². The van der Waals surface area contributed by atoms with Crippen LogP contribution in [0.25, 0.3) is 22.0 Å². The van der Waals surface area contributed by atoms with Crippen molar-refractivity contribution in [2.75, 3.05) is 6.61 Å². The maximum absolute atomic E-state index is 12.6. The maximum atomic E-state index is 12.6. The zero-order valence-corrected chi connectivity index (χ0v) is 14.3. The molecule has 0 spiro atoms. The largest absolute Gasteiger partial charge is 0.466 e. The Kier molecular flexibility index (Phi) is 3.45. The molecular formula is C21H21NO2. The molecule has 0 N–H and O–H groups in total. The first-order valence-corrected chi connectivity index (χ1v) is 8.46. The quantitative estimate of drug-likeness (QED) is 0.657. The summed E-state index contributed by atoms with van der Waals surface area (Å²) in [6.45, 7) is 4.36. The number of carbonyl (C=O) groups is 1. The molecule has 0 fully saturated rings. The molecule has 3 aromatic rings. The Morgan fingerprint density at radius 3 is 2.79 bits per heavy atom. The second-order valence-corrected chi connectivity index (χ2v) is 6.44. The summed E-state index contributed by atoms with van der Waals surface area (Å²) < 4.78 is 7.60. The molecule has 0 bridgehead atoms. The number of nitrogens with zero attached hydrogens (tertiary/aromatic N) is 1. The minimum Gasteiger partial charge on any atom is -0.466 e. The number of carbonyl (C=O) groups excluding carboxylic acids is 1. The predicted molar refractivity (Wildman–Crippen MR) is 96.2 cm³/mol. The van der Waals surface area contributed by atoms with Crippen LogP contribution < -0.4 is 0 Å². The van der Waals surface area contributed by atoms with Crippen LogP contribution in [0, 0.1) is 6.92 Å². The Bertz CT molecular complexity index is 952. The van der Waals surface area contributed by atoms with E-state index in [-0.39, 0.29) is 11.9 Å². The van der Waals surface area contributed by atoms with Gasteiger partial charge in [-0.25, -0.2) is 0 Å². The summed E-state index contributed by atoms with van der Waals surface area (Å²) in [5.74, 6) is -0.347. The SMILES string of the molecule is CCOC(=O)C1Cc2c(c3ccccc3n2C)-c2cccc(C)c21. The highest BCUT2D eigenvalue weighted by atomic mass is 16.5. The Balaban J connectivity index is 2.03. The lowest BCUT2D eigenvalue weighted by molar-refractivity contribution is -0.145. The Morgan fingerprint density at radius 1 is 1.21 bits per heavy atom. The van der Waals surface area contributed by atoms with Crippen LogP contribution in [0.15, 0.2) is 42.5 Å². The molecule has 1 aliphatic rings. The van der Waals surface area contributed by atoms with Crippen LogP contribution in [0.1, 0.15) is 29.7 Å². The van der Waals surface area contributed by atoms with E-state index < -0.39 is 0 Å². The van der Waals surface area contributed by atoms with Gasteiger partial charge in [0, 0.05) is 35.6 Å². The molecule has 0 aliphatic heterocycles. The fourth-order valence-electron chi connectivity index (χ4n) is 4.09. The minimum atomic E-state index is -0.225. The zero-order valence-electron chi connectivity index (χ0n) is 14.3. The number of benzene rings is 2. The van der Waals surface area contributed by atoms with Gasteiger partial charge in [0.15, 0.2) is 0 Å². The van der Waals surface area contributed by atoms with Crippen molar-refractivity contribution in [2.24, 2.45) is 7.05 Å². The molecule has 1 aromatic heterocycles. The Labute approximate surface area is 141 Å². The third-order valence-electron chi connectivity index (χ3n) is 5.14. The summed E-state index contributed by atoms with van der Waals surface area (Å²) in [5.41, 5.74) is 7.15. The van der Waals surface area contributed by atoms with Gasteiger partial charge in [-0.1, -0.05) is 36.4 Å². The molecule has 1 unspecified atom stereocenters. The van der Waals surface area contributed by atoms with Crippen LogP contribution >= 0.6 is 0 Å². The molecule has 3 heteroatoms. The summed E-state index contributed by atoms with van der Waals surface area (Å²) in [6, 6.07) is 14.8. The lowest BCUT2D eigenvalue weighted by Gasteiger charge is -2.27. The van der Waals surface area contributed by atoms with Gasteiger partial charge >= 0.3 is 5.97 Å². The van der Waals surface area contributed by atoms with Crippen LogP contribution in [0.5, 0.6) is 0 Å². The van der Waals surface area contributed by atoms with Gasteiger partial charge in [0.05, 0.1) is 12.5 Å². The van der Waals surface area contributed by atoms with Crippen molar-refractivity contribution in [1.29, 1.82) is 0 Å². The average Bonchev–Trinajstić information content (AvgIpc) is 2.88. The number of aromatic nitrogens is 1. The van der Waals surface area contributed by atoms with E-state index in [1.165, 1.54) is 27.7 Å². The van der Waals surface area contributed by atoms with E-state index in [0.29, 0.717) is 13.0 Å². The van der Waals surface area contributed by atoms with Gasteiger partial charge in [0.1, 0.15) is 0 Å². The molecule has 1 heterocycles. The lowest BCUT2D eigenvalue weighted by atomic mass is 9.78. The number of aryl methyl sites for hydroxylation is 2. The Morgan fingerprint density at radius 2 is 2.00 bits per heavy atom. The van der Waals surface area contributed by atoms with Gasteiger partial charge < -0.3 is 9.30 Å². The van der Waals surface area contributed by atoms with Crippen molar-refractivity contribution in [3.05, 3.63) is 59.3 Å². The third kappa shape index (κ3) is 2.01. The number of hydrogen-bond acceptors (Lipinski definition) is 2. The van der Waals surface area contributed by atoms with Crippen LogP contribution in [0.4, 0.5) is 0 Å². The second-order valence-electron chi connectivity index (χ2n) is 6.44. The van der Waals surface area contributed by atoms with Crippen molar-refractivity contribution >= 4 is 16.9 Å². The monoisotopic (exact) mass is 319 g/mol. The van der Waals surface area contributed by atoms with E-state index >= 15 is 0 Å². The van der Waals surface area contributed by atoms with E-state index in [4.69, 9.17) is 4.74 Å². The first-order chi connectivity index (χ1) is 11.6. The first kappa shape index (κ1) is 15.0. The summed E-state index contributed by atoms with van der Waals surface area (Å²) in [5, 5.41) is 1.25. The predicted octanol–water partition coefficient (Wildman–Crippen LogP) is 4.36.